The quantitative estimate of drug-likeness (QED) is 0.697. The molecule has 0 saturated heterocycles. The van der Waals surface area contributed by atoms with Crippen molar-refractivity contribution in [2.75, 3.05) is 5.32 Å². The van der Waals surface area contributed by atoms with Crippen LogP contribution in [0.5, 0.6) is 0 Å². The zero-order valence-electron chi connectivity index (χ0n) is 15.3. The molecule has 1 aliphatic carbocycles. The van der Waals surface area contributed by atoms with Crippen molar-refractivity contribution in [3.8, 4) is 11.5 Å². The molecule has 1 unspecified atom stereocenters. The molecular formula is C19H22N6O2. The van der Waals surface area contributed by atoms with Crippen LogP contribution in [-0.4, -0.2) is 25.7 Å². The van der Waals surface area contributed by atoms with Crippen molar-refractivity contribution in [3.05, 3.63) is 48.3 Å². The Hall–Kier alpha value is -3.16. The van der Waals surface area contributed by atoms with E-state index in [9.17, 15) is 4.79 Å². The van der Waals surface area contributed by atoms with Gasteiger partial charge in [-0.1, -0.05) is 24.2 Å². The van der Waals surface area contributed by atoms with Gasteiger partial charge in [-0.05, 0) is 30.9 Å². The minimum absolute atomic E-state index is 0.104. The predicted molar refractivity (Wildman–Crippen MR) is 99.9 cm³/mol. The summed E-state index contributed by atoms with van der Waals surface area (Å²) in [6, 6.07) is 7.00. The summed E-state index contributed by atoms with van der Waals surface area (Å²) >= 11 is 0. The van der Waals surface area contributed by atoms with Gasteiger partial charge in [0.25, 0.3) is 5.89 Å². The fourth-order valence-corrected chi connectivity index (χ4v) is 3.08. The van der Waals surface area contributed by atoms with Crippen molar-refractivity contribution < 1.29 is 9.32 Å². The highest BCUT2D eigenvalue weighted by Gasteiger charge is 2.35. The van der Waals surface area contributed by atoms with Gasteiger partial charge in [-0.3, -0.25) is 0 Å². The second-order valence-corrected chi connectivity index (χ2v) is 6.72. The largest absolute Gasteiger partial charge is 0.336 e. The van der Waals surface area contributed by atoms with Gasteiger partial charge in [0.05, 0.1) is 17.3 Å². The number of nitrogens with zero attached hydrogens (tertiary/aromatic N) is 4. The van der Waals surface area contributed by atoms with E-state index in [4.69, 9.17) is 4.52 Å². The van der Waals surface area contributed by atoms with Crippen molar-refractivity contribution in [2.24, 2.45) is 13.0 Å². The summed E-state index contributed by atoms with van der Waals surface area (Å²) < 4.78 is 7.27. The summed E-state index contributed by atoms with van der Waals surface area (Å²) in [5.41, 5.74) is 1.32. The van der Waals surface area contributed by atoms with Crippen LogP contribution >= 0.6 is 0 Å². The lowest BCUT2D eigenvalue weighted by Gasteiger charge is -2.19. The number of benzene rings is 1. The highest BCUT2D eigenvalue weighted by Crippen LogP contribution is 2.40. The Morgan fingerprint density at radius 2 is 2.19 bits per heavy atom. The monoisotopic (exact) mass is 366 g/mol. The average Bonchev–Trinajstić information content (AvgIpc) is 3.25. The molecule has 0 aliphatic heterocycles. The van der Waals surface area contributed by atoms with Crippen LogP contribution in [0.25, 0.3) is 11.5 Å². The molecule has 1 aliphatic rings. The van der Waals surface area contributed by atoms with Gasteiger partial charge in [0, 0.05) is 25.9 Å². The molecular weight excluding hydrogens is 344 g/mol. The smallest absolute Gasteiger partial charge is 0.319 e. The Balaban J connectivity index is 1.52. The van der Waals surface area contributed by atoms with E-state index >= 15 is 0 Å². The van der Waals surface area contributed by atoms with Crippen LogP contribution in [0.2, 0.25) is 0 Å². The Bertz CT molecular complexity index is 943. The van der Waals surface area contributed by atoms with E-state index in [1.54, 1.807) is 6.20 Å². The number of carbonyl (C=O) groups excluding carboxylic acids is 1. The number of nitrogens with one attached hydrogen (secondary N) is 2. The van der Waals surface area contributed by atoms with E-state index < -0.39 is 0 Å². The van der Waals surface area contributed by atoms with Crippen LogP contribution in [0.15, 0.2) is 41.2 Å². The van der Waals surface area contributed by atoms with Crippen molar-refractivity contribution in [1.82, 2.24) is 25.0 Å². The van der Waals surface area contributed by atoms with Gasteiger partial charge < -0.3 is 19.7 Å². The molecule has 1 saturated carbocycles. The molecule has 27 heavy (non-hydrogen) atoms. The van der Waals surface area contributed by atoms with E-state index in [0.717, 1.165) is 18.7 Å². The molecule has 4 rings (SSSR count). The molecule has 1 fully saturated rings. The Labute approximate surface area is 157 Å². The van der Waals surface area contributed by atoms with Gasteiger partial charge >= 0.3 is 6.03 Å². The first-order valence-electron chi connectivity index (χ1n) is 9.12. The Kier molecular flexibility index (Phi) is 4.62. The van der Waals surface area contributed by atoms with Gasteiger partial charge in [-0.2, -0.15) is 4.98 Å². The van der Waals surface area contributed by atoms with Gasteiger partial charge in [0.1, 0.15) is 5.82 Å². The number of para-hydroxylation sites is 1. The van der Waals surface area contributed by atoms with Crippen LogP contribution < -0.4 is 10.6 Å². The van der Waals surface area contributed by atoms with E-state index in [2.05, 4.69) is 25.8 Å². The molecule has 8 heteroatoms. The van der Waals surface area contributed by atoms with Gasteiger partial charge in [-0.25, -0.2) is 9.78 Å². The second kappa shape index (κ2) is 7.22. The fraction of sp³-hybridized carbons (Fsp3) is 0.368. The highest BCUT2D eigenvalue weighted by atomic mass is 16.5. The SMILES string of the molecule is CCc1noc(-c2ccccc2NC(=O)NC(c2nccn2C)C2CC2)n1. The van der Waals surface area contributed by atoms with E-state index in [0.29, 0.717) is 35.3 Å². The number of amides is 2. The van der Waals surface area contributed by atoms with Crippen LogP contribution in [0.3, 0.4) is 0 Å². The summed E-state index contributed by atoms with van der Waals surface area (Å²) in [5.74, 6) is 2.32. The minimum atomic E-state index is -0.280. The molecule has 140 valence electrons. The van der Waals surface area contributed by atoms with Crippen molar-refractivity contribution in [2.45, 2.75) is 32.2 Å². The second-order valence-electron chi connectivity index (χ2n) is 6.72. The topological polar surface area (TPSA) is 97.9 Å². The maximum absolute atomic E-state index is 12.7. The number of aromatic nitrogens is 4. The van der Waals surface area contributed by atoms with Gasteiger partial charge in [0.15, 0.2) is 5.82 Å². The van der Waals surface area contributed by atoms with Crippen LogP contribution in [0.4, 0.5) is 10.5 Å². The first-order chi connectivity index (χ1) is 13.2. The normalized spacial score (nSPS) is 14.7. The third-order valence-electron chi connectivity index (χ3n) is 4.71. The molecule has 1 aromatic carbocycles. The third-order valence-corrected chi connectivity index (χ3v) is 4.71. The molecule has 0 bridgehead atoms. The van der Waals surface area contributed by atoms with Crippen LogP contribution in [0, 0.1) is 5.92 Å². The van der Waals surface area contributed by atoms with E-state index in [1.807, 2.05) is 49.0 Å². The van der Waals surface area contributed by atoms with Gasteiger partial charge in [0.2, 0.25) is 0 Å². The lowest BCUT2D eigenvalue weighted by atomic mass is 10.1. The number of anilines is 1. The first kappa shape index (κ1) is 17.3. The lowest BCUT2D eigenvalue weighted by Crippen LogP contribution is -2.35. The average molecular weight is 366 g/mol. The summed E-state index contributed by atoms with van der Waals surface area (Å²) in [4.78, 5) is 21.4. The zero-order chi connectivity index (χ0) is 18.8. The molecule has 1 atom stereocenters. The number of rotatable bonds is 6. The molecule has 0 radical (unpaired) electrons. The number of hydrogen-bond acceptors (Lipinski definition) is 5. The fourth-order valence-electron chi connectivity index (χ4n) is 3.08. The van der Waals surface area contributed by atoms with Crippen LogP contribution in [0.1, 0.15) is 37.5 Å². The lowest BCUT2D eigenvalue weighted by molar-refractivity contribution is 0.246. The zero-order valence-corrected chi connectivity index (χ0v) is 15.3. The number of urea groups is 1. The molecule has 8 nitrogen and oxygen atoms in total. The third kappa shape index (κ3) is 3.69. The molecule has 2 heterocycles. The Morgan fingerprint density at radius 1 is 1.37 bits per heavy atom. The molecule has 3 aromatic rings. The first-order valence-corrected chi connectivity index (χ1v) is 9.12. The number of imidazole rings is 1. The number of hydrogen-bond donors (Lipinski definition) is 2. The Morgan fingerprint density at radius 3 is 2.85 bits per heavy atom. The highest BCUT2D eigenvalue weighted by molar-refractivity contribution is 5.93. The van der Waals surface area contributed by atoms with Crippen molar-refractivity contribution in [3.63, 3.8) is 0 Å². The summed E-state index contributed by atoms with van der Waals surface area (Å²) in [7, 11) is 1.94. The molecule has 2 N–H and O–H groups in total. The maximum atomic E-state index is 12.7. The number of carbonyl (C=O) groups is 1. The van der Waals surface area contributed by atoms with E-state index in [-0.39, 0.29) is 12.1 Å². The molecule has 2 aromatic heterocycles. The summed E-state index contributed by atoms with van der Waals surface area (Å²) in [6.45, 7) is 1.96. The van der Waals surface area contributed by atoms with Crippen LogP contribution in [-0.2, 0) is 13.5 Å². The molecule has 0 spiro atoms. The predicted octanol–water partition coefficient (Wildman–Crippen LogP) is 3.31. The molecule has 2 amide bonds. The standard InChI is InChI=1S/C19H22N6O2/c1-3-15-22-18(27-24-15)13-6-4-5-7-14(13)21-19(26)23-16(12-8-9-12)17-20-10-11-25(17)2/h4-7,10-12,16H,3,8-9H2,1-2H3,(H2,21,23,26). The van der Waals surface area contributed by atoms with Gasteiger partial charge in [-0.15, -0.1) is 0 Å². The number of aryl methyl sites for hydroxylation is 2. The van der Waals surface area contributed by atoms with Crippen molar-refractivity contribution >= 4 is 11.7 Å². The summed E-state index contributed by atoms with van der Waals surface area (Å²) in [6.07, 6.45) is 6.51. The maximum Gasteiger partial charge on any atom is 0.319 e. The minimum Gasteiger partial charge on any atom is -0.336 e. The summed E-state index contributed by atoms with van der Waals surface area (Å²) in [5, 5.41) is 9.91. The van der Waals surface area contributed by atoms with Crippen molar-refractivity contribution in [1.29, 1.82) is 0 Å². The van der Waals surface area contributed by atoms with E-state index in [1.165, 1.54) is 0 Å².